The molecule has 0 saturated heterocycles. The normalized spacial score (nSPS) is 21.5. The Morgan fingerprint density at radius 3 is 1.55 bits per heavy atom. The average Bonchev–Trinajstić information content (AvgIpc) is 1.86. The van der Waals surface area contributed by atoms with Gasteiger partial charge in [0, 0.05) is 0 Å². The lowest BCUT2D eigenvalue weighted by Crippen LogP contribution is -2.53. The van der Waals surface area contributed by atoms with E-state index in [1.807, 2.05) is 0 Å². The van der Waals surface area contributed by atoms with E-state index in [1.54, 1.807) is 0 Å². The number of aliphatic hydroxyl groups is 2. The maximum Gasteiger partial charge on any atom is 0.246 e. The summed E-state index contributed by atoms with van der Waals surface area (Å²) >= 11 is 0. The van der Waals surface area contributed by atoms with Crippen LogP contribution in [-0.2, 0) is 4.74 Å². The van der Waals surface area contributed by atoms with Gasteiger partial charge in [0.25, 0.3) is 0 Å². The number of hydrogen-bond donors (Lipinski definition) is 4. The molecule has 0 radical (unpaired) electrons. The van der Waals surface area contributed by atoms with Crippen molar-refractivity contribution < 1.29 is 14.9 Å². The second-order valence-corrected chi connectivity index (χ2v) is 2.01. The Labute approximate surface area is 64.6 Å². The van der Waals surface area contributed by atoms with Crippen LogP contribution in [0.5, 0.6) is 0 Å². The van der Waals surface area contributed by atoms with Gasteiger partial charge >= 0.3 is 0 Å². The van der Waals surface area contributed by atoms with Gasteiger partial charge in [0.05, 0.1) is 0 Å². The van der Waals surface area contributed by atoms with Gasteiger partial charge in [0.15, 0.2) is 0 Å². The summed E-state index contributed by atoms with van der Waals surface area (Å²) in [5.41, 5.74) is 10.0. The summed E-state index contributed by atoms with van der Waals surface area (Å²) in [5.74, 6) is -4.31. The van der Waals surface area contributed by atoms with Crippen molar-refractivity contribution in [2.45, 2.75) is 11.8 Å². The molecule has 2 unspecified atom stereocenters. The molecule has 11 heavy (non-hydrogen) atoms. The monoisotopic (exact) mass is 160 g/mol. The molecule has 5 heteroatoms. The molecule has 0 heterocycles. The molecular weight excluding hydrogens is 148 g/mol. The summed E-state index contributed by atoms with van der Waals surface area (Å²) in [6.45, 7) is 6.30. The molecule has 0 amide bonds. The molecule has 0 aromatic rings. The molecule has 0 rings (SSSR count). The topological polar surface area (TPSA) is 102 Å². The molecule has 6 N–H and O–H groups in total. The first-order valence-corrected chi connectivity index (χ1v) is 2.83. The fourth-order valence-electron chi connectivity index (χ4n) is 0.345. The van der Waals surface area contributed by atoms with E-state index >= 15 is 0 Å². The first-order chi connectivity index (χ1) is 4.83. The average molecular weight is 160 g/mol. The van der Waals surface area contributed by atoms with E-state index in [1.165, 1.54) is 0 Å². The summed E-state index contributed by atoms with van der Waals surface area (Å²) in [6, 6.07) is 0. The Kier molecular flexibility index (Phi) is 2.92. The zero-order valence-electron chi connectivity index (χ0n) is 6.03. The number of nitrogens with two attached hydrogens (primary N) is 2. The Morgan fingerprint density at radius 2 is 1.36 bits per heavy atom. The standard InChI is InChI=1S/C6H12N2O3/c1-3-5(7,9)11-6(8,10)4-2/h3-4,9-10H,1-2,7-8H2. The summed E-state index contributed by atoms with van der Waals surface area (Å²) in [7, 11) is 0. The van der Waals surface area contributed by atoms with Crippen molar-refractivity contribution in [3.05, 3.63) is 25.3 Å². The number of hydrogen-bond acceptors (Lipinski definition) is 5. The summed E-state index contributed by atoms with van der Waals surface area (Å²) in [4.78, 5) is 0. The van der Waals surface area contributed by atoms with E-state index < -0.39 is 11.8 Å². The van der Waals surface area contributed by atoms with Gasteiger partial charge in [-0.2, -0.15) is 0 Å². The van der Waals surface area contributed by atoms with Crippen LogP contribution in [0, 0.1) is 0 Å². The maximum atomic E-state index is 8.94. The Balaban J connectivity index is 4.23. The quantitative estimate of drug-likeness (QED) is 0.299. The largest absolute Gasteiger partial charge is 0.350 e. The number of rotatable bonds is 4. The molecule has 0 aromatic heterocycles. The third-order valence-corrected chi connectivity index (χ3v) is 0.912. The van der Waals surface area contributed by atoms with E-state index in [0.717, 1.165) is 12.2 Å². The first-order valence-electron chi connectivity index (χ1n) is 2.83. The highest BCUT2D eigenvalue weighted by Gasteiger charge is 2.28. The van der Waals surface area contributed by atoms with Gasteiger partial charge in [-0.3, -0.25) is 16.2 Å². The van der Waals surface area contributed by atoms with Gasteiger partial charge in [0.2, 0.25) is 11.8 Å². The minimum atomic E-state index is -2.16. The highest BCUT2D eigenvalue weighted by Crippen LogP contribution is 2.08. The maximum absolute atomic E-state index is 8.94. The van der Waals surface area contributed by atoms with Gasteiger partial charge in [0.1, 0.15) is 0 Å². The molecule has 0 fully saturated rings. The SMILES string of the molecule is C=CC(N)(O)OC(N)(O)C=C. The van der Waals surface area contributed by atoms with Crippen molar-refractivity contribution in [3.63, 3.8) is 0 Å². The molecular formula is C6H12N2O3. The first kappa shape index (κ1) is 10.3. The predicted molar refractivity (Wildman–Crippen MR) is 39.8 cm³/mol. The molecule has 64 valence electrons. The third kappa shape index (κ3) is 3.87. The van der Waals surface area contributed by atoms with Gasteiger partial charge in [-0.15, -0.1) is 0 Å². The molecule has 0 aliphatic carbocycles. The van der Waals surface area contributed by atoms with Crippen molar-refractivity contribution in [2.24, 2.45) is 11.5 Å². The van der Waals surface area contributed by atoms with Crippen molar-refractivity contribution in [2.75, 3.05) is 0 Å². The Morgan fingerprint density at radius 1 is 1.09 bits per heavy atom. The van der Waals surface area contributed by atoms with E-state index in [2.05, 4.69) is 17.9 Å². The van der Waals surface area contributed by atoms with Crippen molar-refractivity contribution >= 4 is 0 Å². The molecule has 0 spiro atoms. The minimum absolute atomic E-state index is 0.883. The van der Waals surface area contributed by atoms with E-state index in [4.69, 9.17) is 21.7 Å². The highest BCUT2D eigenvalue weighted by atomic mass is 16.7. The van der Waals surface area contributed by atoms with Crippen LogP contribution in [0.1, 0.15) is 0 Å². The zero-order chi connectivity index (χ0) is 9.12. The third-order valence-electron chi connectivity index (χ3n) is 0.912. The fraction of sp³-hybridized carbons (Fsp3) is 0.333. The molecule has 2 atom stereocenters. The van der Waals surface area contributed by atoms with Crippen LogP contribution in [0.15, 0.2) is 25.3 Å². The van der Waals surface area contributed by atoms with Gasteiger partial charge in [-0.05, 0) is 12.2 Å². The zero-order valence-corrected chi connectivity index (χ0v) is 6.03. The Hall–Kier alpha value is -0.720. The van der Waals surface area contributed by atoms with Crippen LogP contribution in [0.4, 0.5) is 0 Å². The second-order valence-electron chi connectivity index (χ2n) is 2.01. The molecule has 0 aromatic carbocycles. The summed E-state index contributed by atoms with van der Waals surface area (Å²) < 4.78 is 4.35. The van der Waals surface area contributed by atoms with Crippen LogP contribution >= 0.6 is 0 Å². The minimum Gasteiger partial charge on any atom is -0.350 e. The Bertz CT molecular complexity index is 147. The number of ether oxygens (including phenoxy) is 1. The lowest BCUT2D eigenvalue weighted by atomic mass is 10.4. The second kappa shape index (κ2) is 3.12. The van der Waals surface area contributed by atoms with Crippen LogP contribution in [0.3, 0.4) is 0 Å². The van der Waals surface area contributed by atoms with Crippen LogP contribution in [0.2, 0.25) is 0 Å². The smallest absolute Gasteiger partial charge is 0.246 e. The van der Waals surface area contributed by atoms with Crippen molar-refractivity contribution in [3.8, 4) is 0 Å². The molecule has 0 aliphatic heterocycles. The molecule has 0 saturated carbocycles. The highest BCUT2D eigenvalue weighted by molar-refractivity contribution is 4.89. The fourth-order valence-corrected chi connectivity index (χ4v) is 0.345. The van der Waals surface area contributed by atoms with Crippen molar-refractivity contribution in [1.82, 2.24) is 0 Å². The molecule has 0 aliphatic rings. The van der Waals surface area contributed by atoms with Crippen molar-refractivity contribution in [1.29, 1.82) is 0 Å². The predicted octanol–water partition coefficient (Wildman–Crippen LogP) is -1.42. The van der Waals surface area contributed by atoms with Gasteiger partial charge in [-0.25, -0.2) is 0 Å². The van der Waals surface area contributed by atoms with Gasteiger partial charge < -0.3 is 10.2 Å². The summed E-state index contributed by atoms with van der Waals surface area (Å²) in [6.07, 6.45) is 1.77. The molecule has 5 nitrogen and oxygen atoms in total. The summed E-state index contributed by atoms with van der Waals surface area (Å²) in [5, 5.41) is 17.9. The lowest BCUT2D eigenvalue weighted by molar-refractivity contribution is -0.287. The van der Waals surface area contributed by atoms with E-state index in [0.29, 0.717) is 0 Å². The molecule has 0 bridgehead atoms. The van der Waals surface area contributed by atoms with Crippen LogP contribution < -0.4 is 11.5 Å². The van der Waals surface area contributed by atoms with E-state index in [9.17, 15) is 0 Å². The van der Waals surface area contributed by atoms with Gasteiger partial charge in [-0.1, -0.05) is 13.2 Å². The lowest BCUT2D eigenvalue weighted by Gasteiger charge is -2.27. The van der Waals surface area contributed by atoms with Crippen LogP contribution in [0.25, 0.3) is 0 Å². The van der Waals surface area contributed by atoms with Crippen LogP contribution in [-0.4, -0.2) is 22.0 Å². The van der Waals surface area contributed by atoms with E-state index in [-0.39, 0.29) is 0 Å².